The summed E-state index contributed by atoms with van der Waals surface area (Å²) in [6.45, 7) is 3.79. The number of halogens is 2. The van der Waals surface area contributed by atoms with E-state index in [1.165, 1.54) is 38.1 Å². The lowest BCUT2D eigenvalue weighted by Gasteiger charge is -2.37. The predicted molar refractivity (Wildman–Crippen MR) is 154 cm³/mol. The molecule has 6 rings (SSSR count). The van der Waals surface area contributed by atoms with E-state index in [-0.39, 0.29) is 17.8 Å². The topological polar surface area (TPSA) is 95.2 Å². The lowest BCUT2D eigenvalue weighted by molar-refractivity contribution is -0.0999. The van der Waals surface area contributed by atoms with Crippen LogP contribution in [0, 0.1) is 11.6 Å². The van der Waals surface area contributed by atoms with E-state index >= 15 is 4.39 Å². The Hall–Kier alpha value is -4.28. The Labute approximate surface area is 242 Å². The molecule has 3 aromatic heterocycles. The van der Waals surface area contributed by atoms with Crippen LogP contribution in [0.25, 0.3) is 33.4 Å². The second kappa shape index (κ2) is 10.8. The van der Waals surface area contributed by atoms with E-state index in [1.807, 2.05) is 30.5 Å². The molecule has 5 aromatic rings. The van der Waals surface area contributed by atoms with Crippen molar-refractivity contribution in [2.75, 3.05) is 13.7 Å². The summed E-state index contributed by atoms with van der Waals surface area (Å²) in [7, 11) is 1.60. The van der Waals surface area contributed by atoms with Crippen molar-refractivity contribution in [2.24, 2.45) is 0 Å². The van der Waals surface area contributed by atoms with Gasteiger partial charge in [-0.15, -0.1) is 5.10 Å². The Morgan fingerprint density at radius 1 is 1.07 bits per heavy atom. The molecular formula is C32H31F2N5O3. The number of aliphatic hydroxyl groups is 1. The quantitative estimate of drug-likeness (QED) is 0.250. The van der Waals surface area contributed by atoms with E-state index in [1.54, 1.807) is 24.1 Å². The van der Waals surface area contributed by atoms with Gasteiger partial charge in [-0.25, -0.2) is 18.4 Å². The maximum atomic E-state index is 15.8. The van der Waals surface area contributed by atoms with Gasteiger partial charge in [0.2, 0.25) is 0 Å². The third kappa shape index (κ3) is 5.23. The molecule has 42 heavy (non-hydrogen) atoms. The third-order valence-corrected chi connectivity index (χ3v) is 7.70. The number of benzene rings is 2. The molecule has 0 aliphatic carbocycles. The average Bonchev–Trinajstić information content (AvgIpc) is 3.45. The second-order valence-corrected chi connectivity index (χ2v) is 11.1. The minimum Gasteiger partial charge on any atom is -0.494 e. The average molecular weight is 572 g/mol. The summed E-state index contributed by atoms with van der Waals surface area (Å²) in [4.78, 5) is 9.16. The molecule has 1 aliphatic heterocycles. The lowest BCUT2D eigenvalue weighted by Crippen LogP contribution is -2.39. The van der Waals surface area contributed by atoms with Crippen LogP contribution in [-0.4, -0.2) is 43.8 Å². The molecular weight excluding hydrogens is 540 g/mol. The Morgan fingerprint density at radius 2 is 1.88 bits per heavy atom. The largest absolute Gasteiger partial charge is 0.494 e. The van der Waals surface area contributed by atoms with E-state index in [4.69, 9.17) is 14.5 Å². The molecule has 1 N–H and O–H groups in total. The van der Waals surface area contributed by atoms with E-state index in [9.17, 15) is 9.50 Å². The van der Waals surface area contributed by atoms with Crippen molar-refractivity contribution in [1.29, 1.82) is 0 Å². The van der Waals surface area contributed by atoms with Crippen LogP contribution in [0.1, 0.15) is 44.4 Å². The number of rotatable bonds is 7. The number of pyridine rings is 2. The van der Waals surface area contributed by atoms with Gasteiger partial charge in [-0.05, 0) is 81.6 Å². The van der Waals surface area contributed by atoms with E-state index in [0.29, 0.717) is 35.7 Å². The Morgan fingerprint density at radius 3 is 2.60 bits per heavy atom. The first-order chi connectivity index (χ1) is 20.2. The normalized spacial score (nSPS) is 17.5. The summed E-state index contributed by atoms with van der Waals surface area (Å²) < 4.78 is 43.2. The minimum absolute atomic E-state index is 0.0225. The van der Waals surface area contributed by atoms with Gasteiger partial charge in [0.15, 0.2) is 5.82 Å². The predicted octanol–water partition coefficient (Wildman–Crippen LogP) is 6.17. The van der Waals surface area contributed by atoms with Crippen LogP contribution >= 0.6 is 0 Å². The van der Waals surface area contributed by atoms with Crippen molar-refractivity contribution in [3.63, 3.8) is 0 Å². The van der Waals surface area contributed by atoms with Crippen LogP contribution in [-0.2, 0) is 22.5 Å². The van der Waals surface area contributed by atoms with Gasteiger partial charge >= 0.3 is 0 Å². The molecule has 0 spiro atoms. The summed E-state index contributed by atoms with van der Waals surface area (Å²) in [6.07, 6.45) is 5.89. The Balaban J connectivity index is 1.43. The number of nitrogens with zero attached hydrogens (tertiary/aromatic N) is 5. The number of fused-ring (bicyclic) bond motifs is 1. The summed E-state index contributed by atoms with van der Waals surface area (Å²) in [5, 5.41) is 20.7. The molecule has 2 aromatic carbocycles. The van der Waals surface area contributed by atoms with E-state index < -0.39 is 22.8 Å². The smallest absolute Gasteiger partial charge is 0.155 e. The van der Waals surface area contributed by atoms with Gasteiger partial charge in [-0.1, -0.05) is 11.3 Å². The highest BCUT2D eigenvalue weighted by molar-refractivity contribution is 5.89. The van der Waals surface area contributed by atoms with Crippen molar-refractivity contribution in [1.82, 2.24) is 25.0 Å². The van der Waals surface area contributed by atoms with Gasteiger partial charge in [0, 0.05) is 34.9 Å². The fourth-order valence-corrected chi connectivity index (χ4v) is 5.50. The Kier molecular flexibility index (Phi) is 7.20. The molecule has 216 valence electrons. The first-order valence-corrected chi connectivity index (χ1v) is 13.8. The minimum atomic E-state index is -1.50. The van der Waals surface area contributed by atoms with Gasteiger partial charge in [-0.3, -0.25) is 4.98 Å². The number of hydrogen-bond acceptors (Lipinski definition) is 7. The molecule has 8 nitrogen and oxygen atoms in total. The Bertz CT molecular complexity index is 1740. The summed E-state index contributed by atoms with van der Waals surface area (Å²) >= 11 is 0. The highest BCUT2D eigenvalue weighted by Crippen LogP contribution is 2.40. The van der Waals surface area contributed by atoms with E-state index in [2.05, 4.69) is 15.3 Å². The molecule has 0 radical (unpaired) electrons. The van der Waals surface area contributed by atoms with Gasteiger partial charge in [0.25, 0.3) is 0 Å². The van der Waals surface area contributed by atoms with Gasteiger partial charge in [0.1, 0.15) is 34.1 Å². The molecule has 10 heteroatoms. The first kappa shape index (κ1) is 27.9. The summed E-state index contributed by atoms with van der Waals surface area (Å²) in [5.74, 6) is -0.466. The van der Waals surface area contributed by atoms with Crippen molar-refractivity contribution in [3.05, 3.63) is 89.9 Å². The molecule has 1 unspecified atom stereocenters. The first-order valence-electron chi connectivity index (χ1n) is 13.8. The van der Waals surface area contributed by atoms with Crippen LogP contribution in [0.3, 0.4) is 0 Å². The zero-order valence-electron chi connectivity index (χ0n) is 23.6. The standard InChI is InChI=1S/C32H31F2N5O3/c1-31(2,40)24-17-27(36-30(28(24)34)20-8-10-23(33)11-9-20)32(12-4-5-14-42-32)19-39-18-25(37-38-39)22-15-21-7-6-13-35-29(21)26(16-22)41-3/h6-11,13,15-18,40H,4-5,12,14,19H2,1-3H3. The summed E-state index contributed by atoms with van der Waals surface area (Å²) in [6, 6.07) is 14.7. The van der Waals surface area contributed by atoms with Crippen LogP contribution in [0.5, 0.6) is 5.75 Å². The molecule has 1 saturated heterocycles. The highest BCUT2D eigenvalue weighted by atomic mass is 19.1. The number of methoxy groups -OCH3 is 1. The second-order valence-electron chi connectivity index (χ2n) is 11.1. The van der Waals surface area contributed by atoms with Crippen molar-refractivity contribution in [2.45, 2.75) is 50.9 Å². The van der Waals surface area contributed by atoms with Crippen LogP contribution < -0.4 is 4.74 Å². The molecule has 0 bridgehead atoms. The van der Waals surface area contributed by atoms with E-state index in [0.717, 1.165) is 29.3 Å². The fourth-order valence-electron chi connectivity index (χ4n) is 5.50. The van der Waals surface area contributed by atoms with Crippen molar-refractivity contribution < 1.29 is 23.4 Å². The van der Waals surface area contributed by atoms with Crippen molar-refractivity contribution >= 4 is 10.9 Å². The van der Waals surface area contributed by atoms with Crippen LogP contribution in [0.15, 0.2) is 67.0 Å². The molecule has 0 saturated carbocycles. The van der Waals surface area contributed by atoms with Gasteiger partial charge < -0.3 is 14.6 Å². The monoisotopic (exact) mass is 571 g/mol. The van der Waals surface area contributed by atoms with Crippen molar-refractivity contribution in [3.8, 4) is 28.3 Å². The van der Waals surface area contributed by atoms with Crippen LogP contribution in [0.4, 0.5) is 8.78 Å². The van der Waals surface area contributed by atoms with Crippen LogP contribution in [0.2, 0.25) is 0 Å². The zero-order valence-corrected chi connectivity index (χ0v) is 23.6. The maximum Gasteiger partial charge on any atom is 0.155 e. The molecule has 4 heterocycles. The SMILES string of the molecule is COc1cc(-c2cn(CC3(c4cc(C(C)(C)O)c(F)c(-c5ccc(F)cc5)n4)CCCCO3)nn2)cc2cccnc12. The fraction of sp³-hybridized carbons (Fsp3) is 0.312. The maximum absolute atomic E-state index is 15.8. The van der Waals surface area contributed by atoms with Gasteiger partial charge in [0.05, 0.1) is 31.1 Å². The molecule has 0 amide bonds. The number of aromatic nitrogens is 5. The lowest BCUT2D eigenvalue weighted by atomic mass is 9.86. The molecule has 1 aliphatic rings. The highest BCUT2D eigenvalue weighted by Gasteiger charge is 2.40. The number of hydrogen-bond donors (Lipinski definition) is 1. The summed E-state index contributed by atoms with van der Waals surface area (Å²) in [5.41, 5.74) is 0.721. The zero-order chi connectivity index (χ0) is 29.5. The third-order valence-electron chi connectivity index (χ3n) is 7.70. The molecule has 1 fully saturated rings. The molecule has 1 atom stereocenters. The van der Waals surface area contributed by atoms with Gasteiger partial charge in [-0.2, -0.15) is 0 Å². The number of ether oxygens (including phenoxy) is 2.